The summed E-state index contributed by atoms with van der Waals surface area (Å²) in [5, 5.41) is 8.88. The summed E-state index contributed by atoms with van der Waals surface area (Å²) in [7, 11) is 0. The molecular weight excluding hydrogens is 490 g/mol. The van der Waals surface area contributed by atoms with E-state index in [1.807, 2.05) is 0 Å². The van der Waals surface area contributed by atoms with Gasteiger partial charge in [0.1, 0.15) is 24.9 Å². The first-order valence-corrected chi connectivity index (χ1v) is 11.8. The lowest BCUT2D eigenvalue weighted by Crippen LogP contribution is -2.37. The van der Waals surface area contributed by atoms with Crippen LogP contribution in [0.1, 0.15) is 47.1 Å². The number of carbonyl (C=O) groups excluding carboxylic acids is 1. The Morgan fingerprint density at radius 3 is 2.21 bits per heavy atom. The maximum atomic E-state index is 12.7. The van der Waals surface area contributed by atoms with Crippen LogP contribution in [-0.2, 0) is 18.9 Å². The van der Waals surface area contributed by atoms with E-state index < -0.39 is 47.5 Å². The smallest absolute Gasteiger partial charge is 0.338 e. The molecule has 4 atom stereocenters. The van der Waals surface area contributed by atoms with E-state index in [9.17, 15) is 14.4 Å². The van der Waals surface area contributed by atoms with Gasteiger partial charge >= 0.3 is 11.7 Å². The Labute approximate surface area is 217 Å². The first kappa shape index (κ1) is 25.2. The van der Waals surface area contributed by atoms with Crippen molar-refractivity contribution in [2.75, 3.05) is 6.61 Å². The SMILES string of the molecule is CC1(C)O[C@@H]2[C@H](O1)[C@@H](COC(=O)c1ccc(C#Cc3ccc(C#N)cc3)cc1)O[C@H]2n1ccc(=O)[nH]c1=O. The van der Waals surface area contributed by atoms with E-state index in [1.54, 1.807) is 62.4 Å². The second kappa shape index (κ2) is 10.1. The number of esters is 1. The van der Waals surface area contributed by atoms with Crippen LogP contribution in [0.3, 0.4) is 0 Å². The molecule has 0 unspecified atom stereocenters. The van der Waals surface area contributed by atoms with Gasteiger partial charge in [-0.25, -0.2) is 9.59 Å². The zero-order valence-corrected chi connectivity index (χ0v) is 20.5. The third kappa shape index (κ3) is 5.29. The van der Waals surface area contributed by atoms with Crippen LogP contribution in [0.4, 0.5) is 0 Å². The molecule has 38 heavy (non-hydrogen) atoms. The zero-order chi connectivity index (χ0) is 26.9. The molecule has 0 saturated carbocycles. The maximum Gasteiger partial charge on any atom is 0.338 e. The predicted molar refractivity (Wildman–Crippen MR) is 133 cm³/mol. The molecule has 5 rings (SSSR count). The summed E-state index contributed by atoms with van der Waals surface area (Å²) in [4.78, 5) is 38.7. The van der Waals surface area contributed by atoms with Gasteiger partial charge in [-0.15, -0.1) is 0 Å². The molecule has 2 aromatic carbocycles. The molecule has 0 bridgehead atoms. The number of hydrogen-bond donors (Lipinski definition) is 1. The highest BCUT2D eigenvalue weighted by molar-refractivity contribution is 5.89. The number of nitrogens with one attached hydrogen (secondary N) is 1. The second-order valence-corrected chi connectivity index (χ2v) is 9.26. The van der Waals surface area contributed by atoms with Crippen LogP contribution >= 0.6 is 0 Å². The summed E-state index contributed by atoms with van der Waals surface area (Å²) in [6.07, 6.45) is -1.48. The molecule has 3 heterocycles. The number of aromatic nitrogens is 2. The zero-order valence-electron chi connectivity index (χ0n) is 20.5. The van der Waals surface area contributed by atoms with Crippen LogP contribution < -0.4 is 11.2 Å². The summed E-state index contributed by atoms with van der Waals surface area (Å²) in [5.74, 6) is 4.54. The molecule has 10 nitrogen and oxygen atoms in total. The second-order valence-electron chi connectivity index (χ2n) is 9.26. The largest absolute Gasteiger partial charge is 0.459 e. The Hall–Kier alpha value is -4.48. The van der Waals surface area contributed by atoms with Gasteiger partial charge in [-0.05, 0) is 62.4 Å². The average molecular weight is 514 g/mol. The first-order chi connectivity index (χ1) is 18.2. The Morgan fingerprint density at radius 2 is 1.58 bits per heavy atom. The number of aromatic amines is 1. The van der Waals surface area contributed by atoms with E-state index in [-0.39, 0.29) is 6.61 Å². The van der Waals surface area contributed by atoms with Crippen LogP contribution in [0.5, 0.6) is 0 Å². The van der Waals surface area contributed by atoms with Crippen LogP contribution in [0.2, 0.25) is 0 Å². The molecule has 10 heteroatoms. The molecule has 0 radical (unpaired) electrons. The lowest BCUT2D eigenvalue weighted by molar-refractivity contribution is -0.200. The van der Waals surface area contributed by atoms with Crippen molar-refractivity contribution in [2.45, 2.75) is 44.2 Å². The molecule has 1 N–H and O–H groups in total. The number of hydrogen-bond acceptors (Lipinski definition) is 8. The fraction of sp³-hybridized carbons (Fsp3) is 0.286. The number of rotatable bonds is 4. The van der Waals surface area contributed by atoms with Crippen molar-refractivity contribution in [3.05, 3.63) is 104 Å². The normalized spacial score (nSPS) is 23.1. The standard InChI is InChI=1S/C28H23N3O7/c1-28(2)37-23-21(36-25(24(23)38-28)31-14-13-22(32)30-27(31)34)16-35-26(33)20-11-9-18(10-12-20)4-3-17-5-7-19(15-29)8-6-17/h5-14,21,23-25H,16H2,1-2H3,(H,30,32,34)/t21-,23-,24-,25-/m1/s1. The number of benzene rings is 2. The molecule has 1 aromatic heterocycles. The van der Waals surface area contributed by atoms with Gasteiger partial charge < -0.3 is 18.9 Å². The number of carbonyl (C=O) groups is 1. The fourth-order valence-corrected chi connectivity index (χ4v) is 4.35. The number of ether oxygens (including phenoxy) is 4. The number of fused-ring (bicyclic) bond motifs is 1. The molecule has 0 spiro atoms. The molecule has 0 amide bonds. The molecule has 3 aromatic rings. The number of H-pyrrole nitrogens is 1. The van der Waals surface area contributed by atoms with Gasteiger partial charge in [-0.2, -0.15) is 5.26 Å². The van der Waals surface area contributed by atoms with Crippen LogP contribution in [0.15, 0.2) is 70.4 Å². The van der Waals surface area contributed by atoms with Crippen molar-refractivity contribution in [1.82, 2.24) is 9.55 Å². The Balaban J connectivity index is 1.24. The van der Waals surface area contributed by atoms with Crippen LogP contribution in [0, 0.1) is 23.2 Å². The third-order valence-electron chi connectivity index (χ3n) is 6.12. The highest BCUT2D eigenvalue weighted by atomic mass is 16.8. The first-order valence-electron chi connectivity index (χ1n) is 11.8. The summed E-state index contributed by atoms with van der Waals surface area (Å²) in [6, 6.07) is 16.9. The molecule has 2 aliphatic heterocycles. The Morgan fingerprint density at radius 1 is 0.974 bits per heavy atom. The minimum absolute atomic E-state index is 0.131. The number of nitrogens with zero attached hydrogens (tertiary/aromatic N) is 2. The van der Waals surface area contributed by atoms with E-state index in [4.69, 9.17) is 24.2 Å². The highest BCUT2D eigenvalue weighted by Gasteiger charge is 2.56. The maximum absolute atomic E-state index is 12.7. The van der Waals surface area contributed by atoms with Crippen molar-refractivity contribution in [3.8, 4) is 17.9 Å². The molecule has 2 saturated heterocycles. The third-order valence-corrected chi connectivity index (χ3v) is 6.12. The van der Waals surface area contributed by atoms with Crippen molar-refractivity contribution in [1.29, 1.82) is 5.26 Å². The summed E-state index contributed by atoms with van der Waals surface area (Å²) in [5.41, 5.74) is 1.21. The van der Waals surface area contributed by atoms with Crippen LogP contribution in [0.25, 0.3) is 0 Å². The van der Waals surface area contributed by atoms with Crippen molar-refractivity contribution in [3.63, 3.8) is 0 Å². The minimum atomic E-state index is -0.931. The molecule has 2 fully saturated rings. The average Bonchev–Trinajstić information content (AvgIpc) is 3.39. The van der Waals surface area contributed by atoms with Crippen molar-refractivity contribution < 1.29 is 23.7 Å². The van der Waals surface area contributed by atoms with Gasteiger partial charge in [0.05, 0.1) is 17.2 Å². The van der Waals surface area contributed by atoms with Gasteiger partial charge in [-0.3, -0.25) is 14.3 Å². The summed E-state index contributed by atoms with van der Waals surface area (Å²) in [6.45, 7) is 3.36. The molecule has 192 valence electrons. The summed E-state index contributed by atoms with van der Waals surface area (Å²) >= 11 is 0. The fourth-order valence-electron chi connectivity index (χ4n) is 4.35. The topological polar surface area (TPSA) is 133 Å². The number of nitriles is 1. The van der Waals surface area contributed by atoms with Crippen molar-refractivity contribution >= 4 is 5.97 Å². The lowest BCUT2D eigenvalue weighted by atomic mass is 10.1. The Kier molecular flexibility index (Phi) is 6.70. The van der Waals surface area contributed by atoms with Crippen LogP contribution in [-0.4, -0.2) is 46.2 Å². The van der Waals surface area contributed by atoms with Gasteiger partial charge in [0.15, 0.2) is 12.0 Å². The van der Waals surface area contributed by atoms with E-state index in [0.717, 1.165) is 5.56 Å². The minimum Gasteiger partial charge on any atom is -0.459 e. The van der Waals surface area contributed by atoms with E-state index in [2.05, 4.69) is 22.9 Å². The molecule has 0 aliphatic carbocycles. The molecule has 2 aliphatic rings. The van der Waals surface area contributed by atoms with E-state index in [1.165, 1.54) is 16.8 Å². The predicted octanol–water partition coefficient (Wildman–Crippen LogP) is 2.08. The van der Waals surface area contributed by atoms with Gasteiger partial charge in [0.2, 0.25) is 0 Å². The van der Waals surface area contributed by atoms with E-state index >= 15 is 0 Å². The van der Waals surface area contributed by atoms with Crippen molar-refractivity contribution in [2.24, 2.45) is 0 Å². The van der Waals surface area contributed by atoms with Gasteiger partial charge in [-0.1, -0.05) is 11.8 Å². The van der Waals surface area contributed by atoms with Gasteiger partial charge in [0, 0.05) is 23.4 Å². The quantitative estimate of drug-likeness (QED) is 0.414. The van der Waals surface area contributed by atoms with Gasteiger partial charge in [0.25, 0.3) is 5.56 Å². The molecular formula is C28H23N3O7. The highest BCUT2D eigenvalue weighted by Crippen LogP contribution is 2.42. The monoisotopic (exact) mass is 513 g/mol. The van der Waals surface area contributed by atoms with E-state index in [0.29, 0.717) is 16.7 Å². The lowest BCUT2D eigenvalue weighted by Gasteiger charge is -2.24. The Bertz CT molecular complexity index is 1570. The summed E-state index contributed by atoms with van der Waals surface area (Å²) < 4.78 is 24.7.